The average Bonchev–Trinajstić information content (AvgIpc) is 2.63. The lowest BCUT2D eigenvalue weighted by Gasteiger charge is -2.20. The summed E-state index contributed by atoms with van der Waals surface area (Å²) in [6.45, 7) is 7.32. The van der Waals surface area contributed by atoms with Crippen LogP contribution < -0.4 is 10.9 Å². The molecule has 0 saturated heterocycles. The number of para-hydroxylation sites is 1. The molecular formula is C22H28N3O+. The van der Waals surface area contributed by atoms with Gasteiger partial charge in [0.05, 0.1) is 10.9 Å². The molecule has 1 heterocycles. The van der Waals surface area contributed by atoms with E-state index >= 15 is 0 Å². The third-order valence-electron chi connectivity index (χ3n) is 4.85. The highest BCUT2D eigenvalue weighted by Gasteiger charge is 2.19. The Labute approximate surface area is 154 Å². The van der Waals surface area contributed by atoms with Gasteiger partial charge in [-0.1, -0.05) is 63.6 Å². The van der Waals surface area contributed by atoms with Gasteiger partial charge in [0.25, 0.3) is 5.56 Å². The molecule has 0 bridgehead atoms. The maximum Gasteiger partial charge on any atom is 0.258 e. The standard InChI is InChI=1S/C22H27N3O/c1-4-7-16-10-12-17(13-11-16)21(15(2)3)23-14-20-24-19-9-6-5-8-18(19)22(26)25-20/h5-6,8-13,15,21,23H,4,7,14H2,1-3H3,(H,24,25,26)/p+1/t21-/m0/s1. The number of aromatic amines is 1. The fraction of sp³-hybridized carbons (Fsp3) is 0.364. The molecule has 26 heavy (non-hydrogen) atoms. The second-order valence-corrected chi connectivity index (χ2v) is 7.23. The molecule has 1 aromatic heterocycles. The fourth-order valence-corrected chi connectivity index (χ4v) is 3.46. The van der Waals surface area contributed by atoms with Gasteiger partial charge in [-0.25, -0.2) is 4.98 Å². The molecular weight excluding hydrogens is 322 g/mol. The normalized spacial score (nSPS) is 12.6. The van der Waals surface area contributed by atoms with E-state index in [0.29, 0.717) is 23.9 Å². The van der Waals surface area contributed by atoms with E-state index in [9.17, 15) is 4.79 Å². The van der Waals surface area contributed by atoms with E-state index in [1.165, 1.54) is 17.5 Å². The Morgan fingerprint density at radius 1 is 1.08 bits per heavy atom. The number of nitrogens with zero attached hydrogens (tertiary/aromatic N) is 1. The third-order valence-corrected chi connectivity index (χ3v) is 4.85. The Bertz CT molecular complexity index is 913. The molecule has 2 aromatic carbocycles. The lowest BCUT2D eigenvalue weighted by atomic mass is 9.94. The van der Waals surface area contributed by atoms with Crippen molar-refractivity contribution in [3.05, 3.63) is 75.8 Å². The third kappa shape index (κ3) is 4.20. The van der Waals surface area contributed by atoms with E-state index in [1.807, 2.05) is 24.3 Å². The summed E-state index contributed by atoms with van der Waals surface area (Å²) in [5, 5.41) is 2.91. The first kappa shape index (κ1) is 18.3. The second-order valence-electron chi connectivity index (χ2n) is 7.23. The first-order chi connectivity index (χ1) is 12.6. The molecule has 3 aromatic rings. The monoisotopic (exact) mass is 350 g/mol. The fourth-order valence-electron chi connectivity index (χ4n) is 3.46. The number of rotatable bonds is 7. The maximum atomic E-state index is 12.2. The number of aryl methyl sites for hydroxylation is 1. The predicted octanol–water partition coefficient (Wildman–Crippen LogP) is 3.34. The molecule has 136 valence electrons. The van der Waals surface area contributed by atoms with E-state index in [2.05, 4.69) is 60.3 Å². The maximum absolute atomic E-state index is 12.2. The Morgan fingerprint density at radius 2 is 1.81 bits per heavy atom. The van der Waals surface area contributed by atoms with Crippen molar-refractivity contribution < 1.29 is 5.32 Å². The van der Waals surface area contributed by atoms with Crippen molar-refractivity contribution in [3.8, 4) is 0 Å². The van der Waals surface area contributed by atoms with E-state index in [4.69, 9.17) is 0 Å². The van der Waals surface area contributed by atoms with Crippen LogP contribution in [0.15, 0.2) is 53.3 Å². The summed E-state index contributed by atoms with van der Waals surface area (Å²) in [6.07, 6.45) is 2.29. The van der Waals surface area contributed by atoms with Gasteiger partial charge in [-0.15, -0.1) is 0 Å². The Morgan fingerprint density at radius 3 is 2.50 bits per heavy atom. The highest BCUT2D eigenvalue weighted by Crippen LogP contribution is 2.19. The minimum atomic E-state index is -0.0657. The van der Waals surface area contributed by atoms with Gasteiger partial charge in [-0.2, -0.15) is 0 Å². The number of fused-ring (bicyclic) bond motifs is 1. The zero-order valence-electron chi connectivity index (χ0n) is 15.8. The van der Waals surface area contributed by atoms with Gasteiger partial charge in [0.15, 0.2) is 5.82 Å². The summed E-state index contributed by atoms with van der Waals surface area (Å²) in [4.78, 5) is 19.8. The minimum Gasteiger partial charge on any atom is -0.334 e. The molecule has 3 N–H and O–H groups in total. The number of quaternary nitrogens is 1. The number of benzene rings is 2. The van der Waals surface area contributed by atoms with Crippen LogP contribution in [0.4, 0.5) is 0 Å². The molecule has 0 aliphatic carbocycles. The molecule has 4 nitrogen and oxygen atoms in total. The van der Waals surface area contributed by atoms with E-state index < -0.39 is 0 Å². The molecule has 0 aliphatic heterocycles. The predicted molar refractivity (Wildman–Crippen MR) is 106 cm³/mol. The average molecular weight is 350 g/mol. The van der Waals surface area contributed by atoms with Gasteiger partial charge >= 0.3 is 0 Å². The summed E-state index contributed by atoms with van der Waals surface area (Å²) < 4.78 is 0. The van der Waals surface area contributed by atoms with Gasteiger partial charge in [-0.3, -0.25) is 4.79 Å². The minimum absolute atomic E-state index is 0.0657. The Balaban J connectivity index is 1.78. The van der Waals surface area contributed by atoms with Crippen LogP contribution >= 0.6 is 0 Å². The van der Waals surface area contributed by atoms with Crippen LogP contribution in [-0.4, -0.2) is 9.97 Å². The molecule has 0 aliphatic rings. The lowest BCUT2D eigenvalue weighted by molar-refractivity contribution is -0.718. The first-order valence-electron chi connectivity index (χ1n) is 9.48. The summed E-state index contributed by atoms with van der Waals surface area (Å²) in [5.41, 5.74) is 3.40. The summed E-state index contributed by atoms with van der Waals surface area (Å²) in [5.74, 6) is 1.21. The number of hydrogen-bond donors (Lipinski definition) is 2. The Kier molecular flexibility index (Phi) is 5.84. The molecule has 4 heteroatoms. The number of hydrogen-bond acceptors (Lipinski definition) is 2. The number of H-pyrrole nitrogens is 1. The van der Waals surface area contributed by atoms with E-state index in [-0.39, 0.29) is 5.56 Å². The lowest BCUT2D eigenvalue weighted by Crippen LogP contribution is -2.85. The SMILES string of the molecule is CCCc1ccc([C@@H]([NH2+]Cc2nc3ccccc3c(=O)[nH]2)C(C)C)cc1. The smallest absolute Gasteiger partial charge is 0.258 e. The summed E-state index contributed by atoms with van der Waals surface area (Å²) in [6, 6.07) is 16.8. The van der Waals surface area contributed by atoms with Crippen LogP contribution in [0, 0.1) is 5.92 Å². The van der Waals surface area contributed by atoms with Gasteiger partial charge in [-0.05, 0) is 24.1 Å². The Hall–Kier alpha value is -2.46. The van der Waals surface area contributed by atoms with Crippen LogP contribution in [0.2, 0.25) is 0 Å². The van der Waals surface area contributed by atoms with Crippen molar-refractivity contribution >= 4 is 10.9 Å². The van der Waals surface area contributed by atoms with Crippen LogP contribution in [-0.2, 0) is 13.0 Å². The van der Waals surface area contributed by atoms with Crippen molar-refractivity contribution in [2.24, 2.45) is 5.92 Å². The van der Waals surface area contributed by atoms with Crippen molar-refractivity contribution in [2.75, 3.05) is 0 Å². The van der Waals surface area contributed by atoms with Crippen LogP contribution in [0.1, 0.15) is 50.2 Å². The zero-order chi connectivity index (χ0) is 18.5. The second kappa shape index (κ2) is 8.28. The summed E-state index contributed by atoms with van der Waals surface area (Å²) in [7, 11) is 0. The topological polar surface area (TPSA) is 62.4 Å². The first-order valence-corrected chi connectivity index (χ1v) is 9.48. The van der Waals surface area contributed by atoms with Gasteiger partial charge in [0.1, 0.15) is 12.6 Å². The highest BCUT2D eigenvalue weighted by atomic mass is 16.1. The van der Waals surface area contributed by atoms with Crippen LogP contribution in [0.5, 0.6) is 0 Å². The van der Waals surface area contributed by atoms with Gasteiger partial charge in [0.2, 0.25) is 0 Å². The molecule has 0 unspecified atom stereocenters. The largest absolute Gasteiger partial charge is 0.334 e. The van der Waals surface area contributed by atoms with Crippen molar-refractivity contribution in [3.63, 3.8) is 0 Å². The zero-order valence-corrected chi connectivity index (χ0v) is 15.8. The number of nitrogens with one attached hydrogen (secondary N) is 1. The highest BCUT2D eigenvalue weighted by molar-refractivity contribution is 5.77. The van der Waals surface area contributed by atoms with E-state index in [1.54, 1.807) is 0 Å². The number of aromatic nitrogens is 2. The van der Waals surface area contributed by atoms with Crippen molar-refractivity contribution in [1.82, 2.24) is 9.97 Å². The van der Waals surface area contributed by atoms with Crippen molar-refractivity contribution in [1.29, 1.82) is 0 Å². The van der Waals surface area contributed by atoms with E-state index in [0.717, 1.165) is 17.8 Å². The molecule has 0 fully saturated rings. The molecule has 0 radical (unpaired) electrons. The number of nitrogens with two attached hydrogens (primary N) is 1. The van der Waals surface area contributed by atoms with Crippen molar-refractivity contribution in [2.45, 2.75) is 46.2 Å². The van der Waals surface area contributed by atoms with Crippen LogP contribution in [0.3, 0.4) is 0 Å². The quantitative estimate of drug-likeness (QED) is 0.686. The molecule has 3 rings (SSSR count). The molecule has 1 atom stereocenters. The summed E-state index contributed by atoms with van der Waals surface area (Å²) >= 11 is 0. The molecule has 0 amide bonds. The van der Waals surface area contributed by atoms with Gasteiger partial charge in [0, 0.05) is 11.5 Å². The van der Waals surface area contributed by atoms with Gasteiger partial charge < -0.3 is 10.3 Å². The molecule has 0 saturated carbocycles. The molecule has 0 spiro atoms. The van der Waals surface area contributed by atoms with Crippen LogP contribution in [0.25, 0.3) is 10.9 Å².